The maximum Gasteiger partial charge on any atom is 0.199 e. The van der Waals surface area contributed by atoms with E-state index in [-0.39, 0.29) is 3.61 Å². The van der Waals surface area contributed by atoms with Crippen LogP contribution in [0.5, 0.6) is 0 Å². The van der Waals surface area contributed by atoms with E-state index in [1.165, 1.54) is 70.0 Å². The normalized spacial score (nSPS) is 35.5. The lowest BCUT2D eigenvalue weighted by atomic mass is 9.80. The van der Waals surface area contributed by atoms with Crippen LogP contribution >= 0.6 is 22.6 Å². The third-order valence-electron chi connectivity index (χ3n) is 6.67. The van der Waals surface area contributed by atoms with Gasteiger partial charge in [0.05, 0.1) is 26.7 Å². The highest BCUT2D eigenvalue weighted by atomic mass is 127. The van der Waals surface area contributed by atoms with Crippen LogP contribution in [0.3, 0.4) is 0 Å². The van der Waals surface area contributed by atoms with E-state index in [0.717, 1.165) is 11.0 Å². The number of hydrogen-bond acceptors (Lipinski definition) is 2. The first kappa shape index (κ1) is 19.2. The van der Waals surface area contributed by atoms with Gasteiger partial charge in [-0.3, -0.25) is 0 Å². The Morgan fingerprint density at radius 1 is 1.00 bits per heavy atom. The lowest BCUT2D eigenvalue weighted by Crippen LogP contribution is -2.55. The summed E-state index contributed by atoms with van der Waals surface area (Å²) in [6.45, 7) is 4.30. The van der Waals surface area contributed by atoms with Gasteiger partial charge in [-0.15, -0.1) is 0 Å². The molecule has 2 aliphatic heterocycles. The number of hydrogen-bond donors (Lipinski definition) is 0. The predicted octanol–water partition coefficient (Wildman–Crippen LogP) is 5.23. The van der Waals surface area contributed by atoms with E-state index < -0.39 is 5.79 Å². The second-order valence-electron chi connectivity index (χ2n) is 8.93. The standard InChI is InChI=1S/C22H33INO2/c1-24(15-9-4-10-16-24)17-21(23)18-25-22(26-21,19-11-5-2-6-12-19)20-13-7-3-8-14-20/h2,5-6,11-12,20H,3-4,7-10,13-18H2,1H3/q+1. The molecule has 2 atom stereocenters. The molecular weight excluding hydrogens is 437 g/mol. The van der Waals surface area contributed by atoms with Crippen molar-refractivity contribution < 1.29 is 14.0 Å². The SMILES string of the molecule is C[N+]1(CC2(I)COC(c3ccccc3)(C3CCCCC3)O2)CCCCC1. The zero-order valence-electron chi connectivity index (χ0n) is 16.1. The number of likely N-dealkylation sites (tertiary alicyclic amines) is 1. The van der Waals surface area contributed by atoms with Crippen molar-refractivity contribution in [1.29, 1.82) is 0 Å². The monoisotopic (exact) mass is 470 g/mol. The molecule has 4 rings (SSSR count). The van der Waals surface area contributed by atoms with Crippen molar-refractivity contribution in [3.63, 3.8) is 0 Å². The number of likely N-dealkylation sites (N-methyl/N-ethyl adjacent to an activating group) is 1. The maximum atomic E-state index is 6.98. The number of halogens is 1. The molecule has 1 aliphatic carbocycles. The Bertz CT molecular complexity index is 597. The first-order valence-electron chi connectivity index (χ1n) is 10.5. The Balaban J connectivity index is 1.59. The van der Waals surface area contributed by atoms with Crippen LogP contribution in [0.1, 0.15) is 56.9 Å². The molecule has 2 unspecified atom stereocenters. The summed E-state index contributed by atoms with van der Waals surface area (Å²) in [5, 5.41) is 0. The minimum atomic E-state index is -0.544. The van der Waals surface area contributed by atoms with Gasteiger partial charge in [0.25, 0.3) is 0 Å². The molecule has 1 aromatic carbocycles. The minimum Gasteiger partial charge on any atom is -0.341 e. The Morgan fingerprint density at radius 3 is 2.35 bits per heavy atom. The van der Waals surface area contributed by atoms with Crippen molar-refractivity contribution in [2.75, 3.05) is 33.3 Å². The summed E-state index contributed by atoms with van der Waals surface area (Å²) in [5.41, 5.74) is 1.21. The van der Waals surface area contributed by atoms with Crippen molar-refractivity contribution in [3.05, 3.63) is 35.9 Å². The molecule has 0 aromatic heterocycles. The Labute approximate surface area is 172 Å². The molecule has 0 spiro atoms. The van der Waals surface area contributed by atoms with Crippen molar-refractivity contribution in [1.82, 2.24) is 0 Å². The number of benzene rings is 1. The van der Waals surface area contributed by atoms with Crippen LogP contribution in [0.15, 0.2) is 30.3 Å². The summed E-state index contributed by atoms with van der Waals surface area (Å²) in [6.07, 6.45) is 10.5. The maximum absolute atomic E-state index is 6.98. The molecule has 4 heteroatoms. The fraction of sp³-hybridized carbons (Fsp3) is 0.727. The summed E-state index contributed by atoms with van der Waals surface area (Å²) >= 11 is 2.56. The third kappa shape index (κ3) is 3.85. The summed E-state index contributed by atoms with van der Waals surface area (Å²) in [5.74, 6) is -0.0698. The number of nitrogens with zero attached hydrogens (tertiary/aromatic N) is 1. The van der Waals surface area contributed by atoms with Gasteiger partial charge in [0.15, 0.2) is 9.39 Å². The van der Waals surface area contributed by atoms with Gasteiger partial charge in [-0.05, 0) is 54.7 Å². The molecule has 0 bridgehead atoms. The highest BCUT2D eigenvalue weighted by Gasteiger charge is 2.57. The molecule has 1 aromatic rings. The fourth-order valence-electron chi connectivity index (χ4n) is 5.36. The summed E-state index contributed by atoms with van der Waals surface area (Å²) in [7, 11) is 2.41. The highest BCUT2D eigenvalue weighted by molar-refractivity contribution is 14.1. The molecule has 0 amide bonds. The van der Waals surface area contributed by atoms with Crippen LogP contribution in [0.25, 0.3) is 0 Å². The quantitative estimate of drug-likeness (QED) is 0.341. The van der Waals surface area contributed by atoms with E-state index >= 15 is 0 Å². The zero-order chi connectivity index (χ0) is 18.1. The second kappa shape index (κ2) is 7.69. The van der Waals surface area contributed by atoms with E-state index in [0.29, 0.717) is 12.5 Å². The van der Waals surface area contributed by atoms with Crippen LogP contribution in [0.2, 0.25) is 0 Å². The molecular formula is C22H33INO2+. The van der Waals surface area contributed by atoms with Gasteiger partial charge in [0.2, 0.25) is 0 Å². The number of rotatable bonds is 4. The number of piperidine rings is 1. The molecule has 144 valence electrons. The molecule has 3 nitrogen and oxygen atoms in total. The minimum absolute atomic E-state index is 0.225. The van der Waals surface area contributed by atoms with Crippen LogP contribution < -0.4 is 0 Å². The van der Waals surface area contributed by atoms with E-state index in [9.17, 15) is 0 Å². The second-order valence-corrected chi connectivity index (χ2v) is 10.9. The van der Waals surface area contributed by atoms with Gasteiger partial charge in [-0.25, -0.2) is 0 Å². The average molecular weight is 470 g/mol. The highest BCUT2D eigenvalue weighted by Crippen LogP contribution is 2.51. The van der Waals surface area contributed by atoms with Crippen molar-refractivity contribution in [3.8, 4) is 0 Å². The number of alkyl halides is 1. The summed E-state index contributed by atoms with van der Waals surface area (Å²) in [4.78, 5) is 0. The van der Waals surface area contributed by atoms with Gasteiger partial charge in [-0.2, -0.15) is 0 Å². The van der Waals surface area contributed by atoms with Gasteiger partial charge in [-0.1, -0.05) is 49.6 Å². The van der Waals surface area contributed by atoms with E-state index in [1.807, 2.05) is 0 Å². The van der Waals surface area contributed by atoms with Crippen molar-refractivity contribution in [2.45, 2.75) is 60.8 Å². The number of ether oxygens (including phenoxy) is 2. The van der Waals surface area contributed by atoms with E-state index in [2.05, 4.69) is 60.0 Å². The molecule has 3 aliphatic rings. The van der Waals surface area contributed by atoms with Gasteiger partial charge in [0, 0.05) is 11.5 Å². The Kier molecular flexibility index (Phi) is 5.66. The third-order valence-corrected chi connectivity index (χ3v) is 7.54. The van der Waals surface area contributed by atoms with Crippen LogP contribution in [-0.2, 0) is 15.3 Å². The lowest BCUT2D eigenvalue weighted by Gasteiger charge is -2.43. The van der Waals surface area contributed by atoms with Crippen LogP contribution in [-0.4, -0.2) is 41.4 Å². The molecule has 3 fully saturated rings. The van der Waals surface area contributed by atoms with E-state index in [1.54, 1.807) is 0 Å². The largest absolute Gasteiger partial charge is 0.341 e. The van der Waals surface area contributed by atoms with Gasteiger partial charge < -0.3 is 14.0 Å². The smallest absolute Gasteiger partial charge is 0.199 e. The zero-order valence-corrected chi connectivity index (χ0v) is 18.2. The van der Waals surface area contributed by atoms with Crippen molar-refractivity contribution >= 4 is 22.6 Å². The predicted molar refractivity (Wildman–Crippen MR) is 113 cm³/mol. The van der Waals surface area contributed by atoms with Crippen LogP contribution in [0, 0.1) is 5.92 Å². The average Bonchev–Trinajstić information content (AvgIpc) is 3.02. The first-order chi connectivity index (χ1) is 12.5. The summed E-state index contributed by atoms with van der Waals surface area (Å²) in [6, 6.07) is 10.7. The van der Waals surface area contributed by atoms with E-state index in [4.69, 9.17) is 9.47 Å². The fourth-order valence-corrected chi connectivity index (χ4v) is 6.67. The first-order valence-corrected chi connectivity index (χ1v) is 11.5. The lowest BCUT2D eigenvalue weighted by molar-refractivity contribution is -0.917. The topological polar surface area (TPSA) is 18.5 Å². The van der Waals surface area contributed by atoms with Crippen LogP contribution in [0.4, 0.5) is 0 Å². The molecule has 2 saturated heterocycles. The molecule has 2 heterocycles. The summed E-state index contributed by atoms with van der Waals surface area (Å²) < 4.78 is 14.5. The number of quaternary nitrogens is 1. The van der Waals surface area contributed by atoms with Crippen molar-refractivity contribution in [2.24, 2.45) is 5.92 Å². The van der Waals surface area contributed by atoms with Gasteiger partial charge in [0.1, 0.15) is 6.54 Å². The molecule has 26 heavy (non-hydrogen) atoms. The molecule has 0 radical (unpaired) electrons. The Hall–Kier alpha value is -0.170. The Morgan fingerprint density at radius 2 is 1.65 bits per heavy atom. The molecule has 1 saturated carbocycles. The van der Waals surface area contributed by atoms with Gasteiger partial charge >= 0.3 is 0 Å². The molecule has 0 N–H and O–H groups in total.